The summed E-state index contributed by atoms with van der Waals surface area (Å²) in [5.74, 6) is 0. The molecule has 194 valence electrons. The summed E-state index contributed by atoms with van der Waals surface area (Å²) in [6, 6.07) is 19.6. The Labute approximate surface area is 213 Å². The van der Waals surface area contributed by atoms with Gasteiger partial charge in [-0.05, 0) is 48.6 Å². The predicted molar refractivity (Wildman–Crippen MR) is 140 cm³/mol. The highest BCUT2D eigenvalue weighted by Gasteiger charge is 2.43. The molecule has 2 aliphatic rings. The smallest absolute Gasteiger partial charge is 0.325 e. The Morgan fingerprint density at radius 1 is 1.00 bits per heavy atom. The molecule has 0 spiro atoms. The second kappa shape index (κ2) is 11.7. The van der Waals surface area contributed by atoms with E-state index < -0.39 is 13.7 Å². The molecule has 1 heterocycles. The van der Waals surface area contributed by atoms with Crippen LogP contribution in [0.1, 0.15) is 43.2 Å². The lowest BCUT2D eigenvalue weighted by molar-refractivity contribution is 0.185. The maximum atomic E-state index is 13.3. The van der Waals surface area contributed by atoms with Crippen molar-refractivity contribution < 1.29 is 24.3 Å². The largest absolute Gasteiger partial charge is 0.389 e. The molecule has 8 heteroatoms. The van der Waals surface area contributed by atoms with Crippen LogP contribution in [-0.4, -0.2) is 62.1 Å². The van der Waals surface area contributed by atoms with Gasteiger partial charge in [-0.3, -0.25) is 4.57 Å². The first-order valence-electron chi connectivity index (χ1n) is 12.8. The van der Waals surface area contributed by atoms with Crippen LogP contribution < -0.4 is 0 Å². The maximum absolute atomic E-state index is 13.3. The van der Waals surface area contributed by atoms with E-state index in [2.05, 4.69) is 0 Å². The van der Waals surface area contributed by atoms with E-state index in [1.54, 1.807) is 6.08 Å². The number of aliphatic hydroxyl groups excluding tert-OH is 1. The summed E-state index contributed by atoms with van der Waals surface area (Å²) in [6.07, 6.45) is 7.77. The summed E-state index contributed by atoms with van der Waals surface area (Å²) in [6.45, 7) is 1.69. The fourth-order valence-corrected chi connectivity index (χ4v) is 5.84. The van der Waals surface area contributed by atoms with Crippen LogP contribution in [0.3, 0.4) is 0 Å². The number of nitrogens with zero attached hydrogens (tertiary/aromatic N) is 2. The first-order chi connectivity index (χ1) is 17.2. The molecule has 1 aliphatic heterocycles. The molecule has 2 atom stereocenters. The molecule has 4 rings (SSSR count). The molecule has 1 saturated carbocycles. The van der Waals surface area contributed by atoms with Crippen molar-refractivity contribution in [2.75, 3.05) is 19.3 Å². The van der Waals surface area contributed by atoms with Crippen molar-refractivity contribution in [3.8, 4) is 0 Å². The number of benzene rings is 2. The quantitative estimate of drug-likeness (QED) is 0.269. The molecule has 0 radical (unpaired) electrons. The van der Waals surface area contributed by atoms with Gasteiger partial charge in [0.15, 0.2) is 0 Å². The highest BCUT2D eigenvalue weighted by atomic mass is 31.2. The van der Waals surface area contributed by atoms with Gasteiger partial charge in [-0.1, -0.05) is 72.8 Å². The zero-order valence-corrected chi connectivity index (χ0v) is 21.5. The van der Waals surface area contributed by atoms with Gasteiger partial charge in [-0.25, -0.2) is 4.79 Å². The highest BCUT2D eigenvalue weighted by molar-refractivity contribution is 7.51. The van der Waals surface area contributed by atoms with Gasteiger partial charge in [0.05, 0.1) is 18.3 Å². The summed E-state index contributed by atoms with van der Waals surface area (Å²) in [4.78, 5) is 35.6. The van der Waals surface area contributed by atoms with E-state index in [1.807, 2.05) is 76.5 Å². The van der Waals surface area contributed by atoms with Crippen molar-refractivity contribution >= 4 is 13.6 Å². The highest BCUT2D eigenvalue weighted by Crippen LogP contribution is 2.55. The molecule has 36 heavy (non-hydrogen) atoms. The molecule has 2 aromatic rings. The van der Waals surface area contributed by atoms with Crippen molar-refractivity contribution in [1.82, 2.24) is 9.80 Å². The molecule has 3 N–H and O–H groups in total. The third-order valence-electron chi connectivity index (χ3n) is 7.38. The van der Waals surface area contributed by atoms with Crippen LogP contribution in [0.4, 0.5) is 4.79 Å². The third kappa shape index (κ3) is 7.78. The first kappa shape index (κ1) is 26.6. The van der Waals surface area contributed by atoms with Crippen LogP contribution in [0, 0.1) is 5.41 Å². The molecular formula is C28H37N2O5P. The van der Waals surface area contributed by atoms with Crippen LogP contribution in [0.2, 0.25) is 0 Å². The second-order valence-corrected chi connectivity index (χ2v) is 12.1. The Kier molecular flexibility index (Phi) is 8.68. The van der Waals surface area contributed by atoms with Crippen molar-refractivity contribution in [3.05, 3.63) is 83.9 Å². The summed E-state index contributed by atoms with van der Waals surface area (Å²) in [5, 5.41) is 10.6. The second-order valence-electron chi connectivity index (χ2n) is 10.3. The number of amides is 2. The van der Waals surface area contributed by atoms with Gasteiger partial charge in [-0.15, -0.1) is 0 Å². The van der Waals surface area contributed by atoms with Crippen LogP contribution in [0.5, 0.6) is 0 Å². The number of carbonyl (C=O) groups excluding carboxylic acids is 1. The summed E-state index contributed by atoms with van der Waals surface area (Å²) in [7, 11) is -3.98. The van der Waals surface area contributed by atoms with Gasteiger partial charge >= 0.3 is 13.6 Å². The maximum Gasteiger partial charge on any atom is 0.325 e. The van der Waals surface area contributed by atoms with E-state index in [9.17, 15) is 24.3 Å². The number of urea groups is 1. The van der Waals surface area contributed by atoms with Gasteiger partial charge in [-0.2, -0.15) is 0 Å². The van der Waals surface area contributed by atoms with Crippen LogP contribution in [-0.2, 0) is 17.5 Å². The molecule has 2 aromatic carbocycles. The van der Waals surface area contributed by atoms with Crippen molar-refractivity contribution in [2.24, 2.45) is 5.41 Å². The predicted octanol–water partition coefficient (Wildman–Crippen LogP) is 4.58. The average Bonchev–Trinajstić information content (AvgIpc) is 3.57. The fraction of sp³-hybridized carbons (Fsp3) is 0.464. The molecule has 1 unspecified atom stereocenters. The van der Waals surface area contributed by atoms with Crippen LogP contribution in [0.25, 0.3) is 0 Å². The van der Waals surface area contributed by atoms with Crippen molar-refractivity contribution in [2.45, 2.75) is 57.2 Å². The van der Waals surface area contributed by atoms with Gasteiger partial charge < -0.3 is 24.7 Å². The minimum atomic E-state index is -3.98. The van der Waals surface area contributed by atoms with Crippen molar-refractivity contribution in [1.29, 1.82) is 0 Å². The summed E-state index contributed by atoms with van der Waals surface area (Å²) < 4.78 is 11.3. The van der Waals surface area contributed by atoms with E-state index >= 15 is 0 Å². The molecule has 7 nitrogen and oxygen atoms in total. The van der Waals surface area contributed by atoms with E-state index in [4.69, 9.17) is 0 Å². The Morgan fingerprint density at radius 3 is 2.25 bits per heavy atom. The average molecular weight is 513 g/mol. The number of rotatable bonds is 13. The third-order valence-corrected chi connectivity index (χ3v) is 8.19. The summed E-state index contributed by atoms with van der Waals surface area (Å²) in [5.41, 5.74) is 2.16. The first-order valence-corrected chi connectivity index (χ1v) is 14.6. The Morgan fingerprint density at radius 2 is 1.64 bits per heavy atom. The number of aliphatic hydroxyl groups is 1. The monoisotopic (exact) mass is 512 g/mol. The summed E-state index contributed by atoms with van der Waals surface area (Å²) >= 11 is 0. The Bertz CT molecular complexity index is 1070. The van der Waals surface area contributed by atoms with Gasteiger partial charge in [0.25, 0.3) is 0 Å². The van der Waals surface area contributed by atoms with Gasteiger partial charge in [0.2, 0.25) is 0 Å². The zero-order valence-electron chi connectivity index (χ0n) is 20.7. The fourth-order valence-electron chi connectivity index (χ4n) is 5.08. The number of hydrogen-bond donors (Lipinski definition) is 3. The van der Waals surface area contributed by atoms with Gasteiger partial charge in [0, 0.05) is 26.1 Å². The van der Waals surface area contributed by atoms with Crippen LogP contribution >= 0.6 is 7.60 Å². The molecule has 0 aromatic heterocycles. The SMILES string of the molecule is O=C1N(Cc2ccccc2)C[C@H](C=CC(O)Cc2ccccc2)N1CCCC1(CCP(=O)(O)O)CC1. The molecular weight excluding hydrogens is 475 g/mol. The lowest BCUT2D eigenvalue weighted by atomic mass is 9.97. The molecule has 1 aliphatic carbocycles. The minimum Gasteiger partial charge on any atom is -0.389 e. The van der Waals surface area contributed by atoms with Gasteiger partial charge in [0.1, 0.15) is 0 Å². The normalized spacial score (nSPS) is 20.3. The topological polar surface area (TPSA) is 101 Å². The van der Waals surface area contributed by atoms with Crippen molar-refractivity contribution in [3.63, 3.8) is 0 Å². The molecule has 2 amide bonds. The Hall–Kier alpha value is -2.44. The van der Waals surface area contributed by atoms with E-state index in [0.29, 0.717) is 32.5 Å². The van der Waals surface area contributed by atoms with Crippen LogP contribution in [0.15, 0.2) is 72.8 Å². The Balaban J connectivity index is 1.38. The molecule has 2 fully saturated rings. The molecule has 0 bridgehead atoms. The number of hydrogen-bond acceptors (Lipinski definition) is 3. The lowest BCUT2D eigenvalue weighted by Crippen LogP contribution is -2.35. The van der Waals surface area contributed by atoms with E-state index in [0.717, 1.165) is 36.8 Å². The minimum absolute atomic E-state index is 0.00823. The van der Waals surface area contributed by atoms with E-state index in [1.165, 1.54) is 0 Å². The standard InChI is InChI=1S/C28H37N2O5P/c31-26(20-23-8-3-1-4-9-23)13-12-25-22-29(21-24-10-5-2-6-11-24)27(32)30(25)18-7-14-28(15-16-28)17-19-36(33,34)35/h1-6,8-13,25-26,31H,7,14-22H2,(H2,33,34,35)/t25-,26?/m0/s1. The number of carbonyl (C=O) groups is 1. The zero-order chi connectivity index (χ0) is 25.6. The molecule has 1 saturated heterocycles. The van der Waals surface area contributed by atoms with E-state index in [-0.39, 0.29) is 23.6 Å². The lowest BCUT2D eigenvalue weighted by Gasteiger charge is -2.23.